The molecule has 0 saturated carbocycles. The lowest BCUT2D eigenvalue weighted by Crippen LogP contribution is -2.01. The molecular formula is C10H12N4O. The van der Waals surface area contributed by atoms with Crippen LogP contribution in [0.25, 0.3) is 5.82 Å². The van der Waals surface area contributed by atoms with Crippen LogP contribution in [0.1, 0.15) is 17.1 Å². The lowest BCUT2D eigenvalue weighted by molar-refractivity contribution is 0.276. The van der Waals surface area contributed by atoms with Crippen LogP contribution in [-0.4, -0.2) is 24.6 Å². The molecule has 0 bridgehead atoms. The highest BCUT2D eigenvalue weighted by atomic mass is 16.3. The van der Waals surface area contributed by atoms with Crippen LogP contribution in [-0.2, 0) is 6.61 Å². The maximum absolute atomic E-state index is 8.84. The second kappa shape index (κ2) is 3.78. The van der Waals surface area contributed by atoms with Crippen LogP contribution < -0.4 is 0 Å². The Bertz CT molecular complexity index is 461. The number of imidazole rings is 1. The highest BCUT2D eigenvalue weighted by Crippen LogP contribution is 2.10. The third-order valence-electron chi connectivity index (χ3n) is 2.35. The van der Waals surface area contributed by atoms with Crippen LogP contribution in [0.2, 0.25) is 0 Å². The van der Waals surface area contributed by atoms with Crippen molar-refractivity contribution in [1.82, 2.24) is 19.5 Å². The van der Waals surface area contributed by atoms with E-state index < -0.39 is 0 Å². The van der Waals surface area contributed by atoms with Crippen LogP contribution in [0.4, 0.5) is 0 Å². The summed E-state index contributed by atoms with van der Waals surface area (Å²) in [5.41, 5.74) is 2.58. The second-order valence-corrected chi connectivity index (χ2v) is 3.31. The first-order chi connectivity index (χ1) is 7.22. The summed E-state index contributed by atoms with van der Waals surface area (Å²) in [6, 6.07) is 0. The first kappa shape index (κ1) is 9.79. The zero-order valence-corrected chi connectivity index (χ0v) is 8.68. The molecule has 0 aliphatic carbocycles. The third-order valence-corrected chi connectivity index (χ3v) is 2.35. The Hall–Kier alpha value is -1.75. The normalized spacial score (nSPS) is 10.6. The van der Waals surface area contributed by atoms with Gasteiger partial charge in [0, 0.05) is 5.69 Å². The standard InChI is InChI=1S/C10H12N4O/c1-7-8(2)14(6-13-7)10-4-11-9(5-15)3-12-10/h3-4,6,15H,5H2,1-2H3. The lowest BCUT2D eigenvalue weighted by Gasteiger charge is -2.03. The van der Waals surface area contributed by atoms with Crippen LogP contribution in [0.5, 0.6) is 0 Å². The molecule has 0 spiro atoms. The molecule has 78 valence electrons. The van der Waals surface area contributed by atoms with Crippen molar-refractivity contribution in [2.24, 2.45) is 0 Å². The average molecular weight is 204 g/mol. The molecule has 15 heavy (non-hydrogen) atoms. The fourth-order valence-electron chi connectivity index (χ4n) is 1.28. The molecule has 0 aliphatic heterocycles. The molecule has 0 saturated heterocycles. The van der Waals surface area contributed by atoms with E-state index in [0.29, 0.717) is 11.5 Å². The van der Waals surface area contributed by atoms with Gasteiger partial charge in [0.15, 0.2) is 5.82 Å². The number of aromatic nitrogens is 4. The SMILES string of the molecule is Cc1ncn(-c2cnc(CO)cn2)c1C. The van der Waals surface area contributed by atoms with Crippen molar-refractivity contribution in [2.75, 3.05) is 0 Å². The van der Waals surface area contributed by atoms with Gasteiger partial charge in [0.1, 0.15) is 6.33 Å². The predicted molar refractivity (Wildman–Crippen MR) is 54.6 cm³/mol. The quantitative estimate of drug-likeness (QED) is 0.784. The number of aryl methyl sites for hydroxylation is 1. The van der Waals surface area contributed by atoms with Crippen LogP contribution in [0, 0.1) is 13.8 Å². The van der Waals surface area contributed by atoms with Gasteiger partial charge < -0.3 is 5.11 Å². The first-order valence-corrected chi connectivity index (χ1v) is 4.65. The Balaban J connectivity index is 2.41. The third kappa shape index (κ3) is 1.73. The summed E-state index contributed by atoms with van der Waals surface area (Å²) >= 11 is 0. The number of aliphatic hydroxyl groups is 1. The smallest absolute Gasteiger partial charge is 0.156 e. The summed E-state index contributed by atoms with van der Waals surface area (Å²) in [6.45, 7) is 3.83. The molecule has 5 heteroatoms. The van der Waals surface area contributed by atoms with Crippen molar-refractivity contribution in [2.45, 2.75) is 20.5 Å². The van der Waals surface area contributed by atoms with Crippen molar-refractivity contribution >= 4 is 0 Å². The van der Waals surface area contributed by atoms with Gasteiger partial charge in [-0.25, -0.2) is 9.97 Å². The van der Waals surface area contributed by atoms with E-state index in [1.54, 1.807) is 18.7 Å². The molecule has 0 amide bonds. The molecule has 0 radical (unpaired) electrons. The van der Waals surface area contributed by atoms with E-state index in [-0.39, 0.29) is 6.61 Å². The van der Waals surface area contributed by atoms with Gasteiger partial charge in [-0.3, -0.25) is 9.55 Å². The zero-order chi connectivity index (χ0) is 10.8. The Morgan fingerprint density at radius 2 is 2.00 bits per heavy atom. The fraction of sp³-hybridized carbons (Fsp3) is 0.300. The number of nitrogens with zero attached hydrogens (tertiary/aromatic N) is 4. The van der Waals surface area contributed by atoms with Gasteiger partial charge in [-0.15, -0.1) is 0 Å². The molecule has 0 atom stereocenters. The molecule has 0 fully saturated rings. The summed E-state index contributed by atoms with van der Waals surface area (Å²) < 4.78 is 1.86. The van der Waals surface area contributed by atoms with Crippen molar-refractivity contribution in [1.29, 1.82) is 0 Å². The highest BCUT2D eigenvalue weighted by Gasteiger charge is 2.05. The zero-order valence-electron chi connectivity index (χ0n) is 8.68. The monoisotopic (exact) mass is 204 g/mol. The van der Waals surface area contributed by atoms with Gasteiger partial charge in [0.05, 0.1) is 30.4 Å². The topological polar surface area (TPSA) is 63.8 Å². The number of rotatable bonds is 2. The number of hydrogen-bond donors (Lipinski definition) is 1. The minimum Gasteiger partial charge on any atom is -0.390 e. The van der Waals surface area contributed by atoms with Gasteiger partial charge >= 0.3 is 0 Å². The van der Waals surface area contributed by atoms with E-state index in [0.717, 1.165) is 11.4 Å². The minimum atomic E-state index is -0.0881. The summed E-state index contributed by atoms with van der Waals surface area (Å²) in [7, 11) is 0. The molecule has 1 N–H and O–H groups in total. The largest absolute Gasteiger partial charge is 0.390 e. The maximum Gasteiger partial charge on any atom is 0.156 e. The molecule has 5 nitrogen and oxygen atoms in total. The van der Waals surface area contributed by atoms with Gasteiger partial charge in [0.2, 0.25) is 0 Å². The first-order valence-electron chi connectivity index (χ1n) is 4.65. The van der Waals surface area contributed by atoms with E-state index in [1.165, 1.54) is 0 Å². The molecule has 2 aromatic heterocycles. The Labute approximate surface area is 87.5 Å². The maximum atomic E-state index is 8.84. The van der Waals surface area contributed by atoms with Crippen LogP contribution in [0.15, 0.2) is 18.7 Å². The highest BCUT2D eigenvalue weighted by molar-refractivity contribution is 5.25. The number of aliphatic hydroxyl groups excluding tert-OH is 1. The molecule has 0 aromatic carbocycles. The average Bonchev–Trinajstić information content (AvgIpc) is 2.60. The predicted octanol–water partition coefficient (Wildman–Crippen LogP) is 0.771. The van der Waals surface area contributed by atoms with Gasteiger partial charge in [-0.2, -0.15) is 0 Å². The molecular weight excluding hydrogens is 192 g/mol. The Morgan fingerprint density at radius 1 is 1.20 bits per heavy atom. The molecule has 0 unspecified atom stereocenters. The van der Waals surface area contributed by atoms with E-state index in [2.05, 4.69) is 15.0 Å². The van der Waals surface area contributed by atoms with E-state index >= 15 is 0 Å². The number of hydrogen-bond acceptors (Lipinski definition) is 4. The molecule has 2 aromatic rings. The van der Waals surface area contributed by atoms with Crippen LogP contribution >= 0.6 is 0 Å². The molecule has 2 rings (SSSR count). The van der Waals surface area contributed by atoms with Crippen molar-refractivity contribution in [3.05, 3.63) is 35.8 Å². The second-order valence-electron chi connectivity index (χ2n) is 3.31. The minimum absolute atomic E-state index is 0.0881. The van der Waals surface area contributed by atoms with Crippen LogP contribution in [0.3, 0.4) is 0 Å². The van der Waals surface area contributed by atoms with E-state index in [9.17, 15) is 0 Å². The summed E-state index contributed by atoms with van der Waals surface area (Å²) in [4.78, 5) is 12.4. The summed E-state index contributed by atoms with van der Waals surface area (Å²) in [5.74, 6) is 0.713. The van der Waals surface area contributed by atoms with Gasteiger partial charge in [-0.05, 0) is 13.8 Å². The van der Waals surface area contributed by atoms with Crippen molar-refractivity contribution in [3.63, 3.8) is 0 Å². The van der Waals surface area contributed by atoms with Crippen molar-refractivity contribution < 1.29 is 5.11 Å². The molecule has 0 aliphatic rings. The van der Waals surface area contributed by atoms with Gasteiger partial charge in [0.25, 0.3) is 0 Å². The summed E-state index contributed by atoms with van der Waals surface area (Å²) in [6.07, 6.45) is 4.90. The van der Waals surface area contributed by atoms with E-state index in [4.69, 9.17) is 5.11 Å². The fourth-order valence-corrected chi connectivity index (χ4v) is 1.28. The van der Waals surface area contributed by atoms with Crippen molar-refractivity contribution in [3.8, 4) is 5.82 Å². The lowest BCUT2D eigenvalue weighted by atomic mass is 10.4. The Morgan fingerprint density at radius 3 is 2.47 bits per heavy atom. The van der Waals surface area contributed by atoms with E-state index in [1.807, 2.05) is 18.4 Å². The summed E-state index contributed by atoms with van der Waals surface area (Å²) in [5, 5.41) is 8.84. The van der Waals surface area contributed by atoms with Gasteiger partial charge in [-0.1, -0.05) is 0 Å². The Kier molecular flexibility index (Phi) is 2.47. The molecule has 2 heterocycles.